The van der Waals surface area contributed by atoms with E-state index in [0.29, 0.717) is 39.9 Å². The molecule has 7 nitrogen and oxygen atoms in total. The summed E-state index contributed by atoms with van der Waals surface area (Å²) in [6, 6.07) is 22.7. The number of hydrogen-bond donors (Lipinski definition) is 1. The average molecular weight is 486 g/mol. The van der Waals surface area contributed by atoms with Crippen molar-refractivity contribution in [1.29, 1.82) is 0 Å². The van der Waals surface area contributed by atoms with E-state index in [4.69, 9.17) is 0 Å². The Balaban J connectivity index is 1.40. The molecule has 0 unspecified atom stereocenters. The van der Waals surface area contributed by atoms with Crippen LogP contribution in [0.4, 0.5) is 4.39 Å². The summed E-state index contributed by atoms with van der Waals surface area (Å²) in [7, 11) is 0. The quantitative estimate of drug-likeness (QED) is 0.252. The van der Waals surface area contributed by atoms with Crippen molar-refractivity contribution in [3.8, 4) is 5.69 Å². The average Bonchev–Trinajstić information content (AvgIpc) is 3.29. The lowest BCUT2D eigenvalue weighted by molar-refractivity contribution is 0.0978. The molecule has 3 aromatic carbocycles. The van der Waals surface area contributed by atoms with Crippen molar-refractivity contribution in [1.82, 2.24) is 24.7 Å². The monoisotopic (exact) mass is 485 g/mol. The van der Waals surface area contributed by atoms with Crippen LogP contribution in [-0.2, 0) is 12.2 Å². The number of aromatic amines is 1. The van der Waals surface area contributed by atoms with E-state index >= 15 is 0 Å². The summed E-state index contributed by atoms with van der Waals surface area (Å²) in [5.74, 6) is 0.660. The number of carbonyl (C=O) groups excluding carboxylic acids is 1. The number of hydrogen-bond acceptors (Lipinski definition) is 6. The molecule has 35 heavy (non-hydrogen) atoms. The number of H-pyrrole nitrogens is 1. The van der Waals surface area contributed by atoms with Gasteiger partial charge < -0.3 is 4.98 Å². The number of thioether (sulfide) groups is 1. The second-order valence-corrected chi connectivity index (χ2v) is 8.73. The lowest BCUT2D eigenvalue weighted by Gasteiger charge is -2.10. The van der Waals surface area contributed by atoms with Crippen LogP contribution in [0.2, 0.25) is 0 Å². The number of benzene rings is 3. The highest BCUT2D eigenvalue weighted by Crippen LogP contribution is 2.25. The van der Waals surface area contributed by atoms with Gasteiger partial charge in [0.2, 0.25) is 0 Å². The summed E-state index contributed by atoms with van der Waals surface area (Å²) in [5, 5.41) is 9.78. The molecule has 1 N–H and O–H groups in total. The number of rotatable bonds is 8. The zero-order valence-corrected chi connectivity index (χ0v) is 19.3. The minimum atomic E-state index is -0.532. The van der Waals surface area contributed by atoms with E-state index in [0.717, 1.165) is 5.69 Å². The van der Waals surface area contributed by atoms with E-state index in [1.807, 2.05) is 41.0 Å². The van der Waals surface area contributed by atoms with Crippen LogP contribution in [0.3, 0.4) is 0 Å². The minimum absolute atomic E-state index is 0.0687. The maximum atomic E-state index is 14.0. The van der Waals surface area contributed by atoms with Gasteiger partial charge in [-0.25, -0.2) is 9.37 Å². The van der Waals surface area contributed by atoms with Crippen molar-refractivity contribution in [3.05, 3.63) is 112 Å². The van der Waals surface area contributed by atoms with Gasteiger partial charge in [-0.2, -0.15) is 0 Å². The Hall–Kier alpha value is -4.11. The molecule has 0 amide bonds. The van der Waals surface area contributed by atoms with Crippen LogP contribution >= 0.6 is 11.8 Å². The van der Waals surface area contributed by atoms with Gasteiger partial charge in [0.1, 0.15) is 17.5 Å². The van der Waals surface area contributed by atoms with E-state index in [1.165, 1.54) is 23.9 Å². The molecule has 0 aliphatic carbocycles. The summed E-state index contributed by atoms with van der Waals surface area (Å²) < 4.78 is 15.9. The fourth-order valence-electron chi connectivity index (χ4n) is 3.78. The zero-order chi connectivity index (χ0) is 24.2. The molecule has 0 radical (unpaired) electrons. The first-order valence-corrected chi connectivity index (χ1v) is 12.0. The first-order chi connectivity index (χ1) is 17.1. The van der Waals surface area contributed by atoms with Gasteiger partial charge in [-0.05, 0) is 36.4 Å². The van der Waals surface area contributed by atoms with Crippen LogP contribution in [0, 0.1) is 5.82 Å². The van der Waals surface area contributed by atoms with Gasteiger partial charge in [-0.3, -0.25) is 14.2 Å². The first kappa shape index (κ1) is 22.7. The second kappa shape index (κ2) is 10.0. The Morgan fingerprint density at radius 3 is 2.51 bits per heavy atom. The molecular weight excluding hydrogens is 465 g/mol. The summed E-state index contributed by atoms with van der Waals surface area (Å²) in [5.41, 5.74) is 1.35. The molecule has 0 spiro atoms. The molecule has 0 aliphatic rings. The first-order valence-electron chi connectivity index (χ1n) is 11.0. The van der Waals surface area contributed by atoms with Gasteiger partial charge >= 0.3 is 0 Å². The maximum Gasteiger partial charge on any atom is 0.258 e. The smallest absolute Gasteiger partial charge is 0.258 e. The van der Waals surface area contributed by atoms with Crippen LogP contribution in [0.15, 0.2) is 88.8 Å². The topological polar surface area (TPSA) is 93.5 Å². The molecular formula is C26H20FN5O2S. The summed E-state index contributed by atoms with van der Waals surface area (Å²) in [6.07, 6.45) is 0.386. The van der Waals surface area contributed by atoms with Crippen molar-refractivity contribution >= 4 is 28.4 Å². The molecule has 2 heterocycles. The molecule has 0 fully saturated rings. The number of fused-ring (bicyclic) bond motifs is 1. The number of aryl methyl sites for hydroxylation is 1. The molecule has 0 aliphatic heterocycles. The Kier molecular flexibility index (Phi) is 6.49. The van der Waals surface area contributed by atoms with Crippen LogP contribution in [0.25, 0.3) is 16.6 Å². The lowest BCUT2D eigenvalue weighted by Crippen LogP contribution is -2.11. The van der Waals surface area contributed by atoms with E-state index in [-0.39, 0.29) is 23.3 Å². The van der Waals surface area contributed by atoms with Crippen molar-refractivity contribution in [2.24, 2.45) is 0 Å². The SMILES string of the molecule is O=C(CCc1nnc(SCc2nc3ccccc3c(=O)[nH]2)n1-c1ccccc1)c1ccccc1F. The van der Waals surface area contributed by atoms with Crippen molar-refractivity contribution in [2.75, 3.05) is 0 Å². The Bertz CT molecular complexity index is 1570. The van der Waals surface area contributed by atoms with Gasteiger partial charge in [0.15, 0.2) is 10.9 Å². The van der Waals surface area contributed by atoms with Gasteiger partial charge in [-0.1, -0.05) is 54.2 Å². The molecule has 174 valence electrons. The van der Waals surface area contributed by atoms with Crippen molar-refractivity contribution < 1.29 is 9.18 Å². The Morgan fingerprint density at radius 1 is 0.943 bits per heavy atom. The molecule has 0 saturated heterocycles. The number of carbonyl (C=O) groups is 1. The highest BCUT2D eigenvalue weighted by atomic mass is 32.2. The molecule has 0 saturated carbocycles. The van der Waals surface area contributed by atoms with E-state index in [2.05, 4.69) is 20.2 Å². The Labute approximate surface area is 204 Å². The largest absolute Gasteiger partial charge is 0.309 e. The van der Waals surface area contributed by atoms with Gasteiger partial charge in [0, 0.05) is 18.5 Å². The number of Topliss-reactive ketones (excluding diaryl/α,β-unsaturated/α-hetero) is 1. The molecule has 2 aromatic heterocycles. The summed E-state index contributed by atoms with van der Waals surface area (Å²) in [6.45, 7) is 0. The second-order valence-electron chi connectivity index (χ2n) is 7.79. The number of para-hydroxylation sites is 2. The lowest BCUT2D eigenvalue weighted by atomic mass is 10.1. The molecule has 9 heteroatoms. The highest BCUT2D eigenvalue weighted by Gasteiger charge is 2.18. The number of aromatic nitrogens is 5. The van der Waals surface area contributed by atoms with Gasteiger partial charge in [0.25, 0.3) is 5.56 Å². The fourth-order valence-corrected chi connectivity index (χ4v) is 4.62. The van der Waals surface area contributed by atoms with Crippen molar-refractivity contribution in [3.63, 3.8) is 0 Å². The molecule has 5 aromatic rings. The third kappa shape index (κ3) is 4.90. The van der Waals surface area contributed by atoms with Crippen LogP contribution < -0.4 is 5.56 Å². The number of nitrogens with zero attached hydrogens (tertiary/aromatic N) is 4. The third-order valence-electron chi connectivity index (χ3n) is 5.46. The zero-order valence-electron chi connectivity index (χ0n) is 18.5. The standard InChI is InChI=1S/C26H20FN5O2S/c27-20-12-6-4-10-18(20)22(33)14-15-24-30-31-26(32(24)17-8-2-1-3-9-17)35-16-23-28-21-13-7-5-11-19(21)25(34)29-23/h1-13H,14-16H2,(H,28,29,34). The summed E-state index contributed by atoms with van der Waals surface area (Å²) in [4.78, 5) is 32.4. The predicted octanol–water partition coefficient (Wildman–Crippen LogP) is 4.75. The molecule has 5 rings (SSSR count). The number of ketones is 1. The minimum Gasteiger partial charge on any atom is -0.309 e. The van der Waals surface area contributed by atoms with Crippen molar-refractivity contribution in [2.45, 2.75) is 23.8 Å². The summed E-state index contributed by atoms with van der Waals surface area (Å²) >= 11 is 1.38. The van der Waals surface area contributed by atoms with Gasteiger partial charge in [-0.15, -0.1) is 10.2 Å². The molecule has 0 bridgehead atoms. The normalized spacial score (nSPS) is 11.1. The predicted molar refractivity (Wildman–Crippen MR) is 132 cm³/mol. The fraction of sp³-hybridized carbons (Fsp3) is 0.115. The maximum absolute atomic E-state index is 14.0. The third-order valence-corrected chi connectivity index (χ3v) is 6.40. The molecule has 0 atom stereocenters. The van der Waals surface area contributed by atoms with Gasteiger partial charge in [0.05, 0.1) is 22.2 Å². The van der Waals surface area contributed by atoms with Crippen LogP contribution in [-0.4, -0.2) is 30.5 Å². The Morgan fingerprint density at radius 2 is 1.69 bits per heavy atom. The van der Waals surface area contributed by atoms with Crippen LogP contribution in [0.1, 0.15) is 28.4 Å². The number of nitrogens with one attached hydrogen (secondary N) is 1. The van der Waals surface area contributed by atoms with E-state index in [1.54, 1.807) is 30.3 Å². The number of halogens is 1. The highest BCUT2D eigenvalue weighted by molar-refractivity contribution is 7.98. The van der Waals surface area contributed by atoms with Crippen LogP contribution in [0.5, 0.6) is 0 Å². The van der Waals surface area contributed by atoms with E-state index < -0.39 is 5.82 Å². The van der Waals surface area contributed by atoms with E-state index in [9.17, 15) is 14.0 Å².